The van der Waals surface area contributed by atoms with Gasteiger partial charge in [0.2, 0.25) is 0 Å². The molecular formula is C14H18BrFN2O. The highest BCUT2D eigenvalue weighted by Gasteiger charge is 2.26. The average molecular weight is 329 g/mol. The Balaban J connectivity index is 2.15. The minimum Gasteiger partial charge on any atom is -0.337 e. The van der Waals surface area contributed by atoms with Gasteiger partial charge in [0.25, 0.3) is 5.91 Å². The monoisotopic (exact) mass is 328 g/mol. The fourth-order valence-electron chi connectivity index (χ4n) is 2.39. The molecule has 1 aliphatic heterocycles. The summed E-state index contributed by atoms with van der Waals surface area (Å²) >= 11 is 3.20. The number of amides is 1. The molecule has 5 heteroatoms. The van der Waals surface area contributed by atoms with Crippen molar-refractivity contribution < 1.29 is 9.18 Å². The largest absolute Gasteiger partial charge is 0.337 e. The van der Waals surface area contributed by atoms with Gasteiger partial charge in [-0.2, -0.15) is 0 Å². The van der Waals surface area contributed by atoms with Crippen LogP contribution in [0.1, 0.15) is 23.2 Å². The highest BCUT2D eigenvalue weighted by atomic mass is 79.9. The van der Waals surface area contributed by atoms with Gasteiger partial charge < -0.3 is 9.80 Å². The Morgan fingerprint density at radius 3 is 2.84 bits per heavy atom. The van der Waals surface area contributed by atoms with Crippen molar-refractivity contribution in [3.05, 3.63) is 34.1 Å². The van der Waals surface area contributed by atoms with Crippen LogP contribution in [0.3, 0.4) is 0 Å². The van der Waals surface area contributed by atoms with E-state index >= 15 is 0 Å². The Morgan fingerprint density at radius 1 is 1.47 bits per heavy atom. The summed E-state index contributed by atoms with van der Waals surface area (Å²) in [5.74, 6) is -0.678. The van der Waals surface area contributed by atoms with Crippen molar-refractivity contribution in [1.82, 2.24) is 9.80 Å². The van der Waals surface area contributed by atoms with E-state index in [1.165, 1.54) is 6.07 Å². The van der Waals surface area contributed by atoms with Crippen molar-refractivity contribution in [2.24, 2.45) is 0 Å². The van der Waals surface area contributed by atoms with E-state index in [1.807, 2.05) is 14.1 Å². The molecule has 1 amide bonds. The lowest BCUT2D eigenvalue weighted by molar-refractivity contribution is 0.0630. The third kappa shape index (κ3) is 3.34. The zero-order chi connectivity index (χ0) is 14.0. The summed E-state index contributed by atoms with van der Waals surface area (Å²) in [4.78, 5) is 16.2. The number of halogens is 2. The molecule has 1 unspecified atom stereocenters. The first-order valence-electron chi connectivity index (χ1n) is 6.40. The van der Waals surface area contributed by atoms with E-state index < -0.39 is 5.82 Å². The lowest BCUT2D eigenvalue weighted by atomic mass is 10.0. The summed E-state index contributed by atoms with van der Waals surface area (Å²) in [6.07, 6.45) is 2.05. The van der Waals surface area contributed by atoms with Gasteiger partial charge in [-0.3, -0.25) is 4.79 Å². The molecular weight excluding hydrogens is 311 g/mol. The Kier molecular flexibility index (Phi) is 4.58. The molecule has 2 rings (SSSR count). The van der Waals surface area contributed by atoms with Crippen LogP contribution >= 0.6 is 15.9 Å². The number of nitrogens with zero attached hydrogens (tertiary/aromatic N) is 2. The molecule has 0 aliphatic carbocycles. The number of carbonyl (C=O) groups is 1. The van der Waals surface area contributed by atoms with Gasteiger partial charge in [0, 0.05) is 23.6 Å². The van der Waals surface area contributed by atoms with E-state index in [-0.39, 0.29) is 11.5 Å². The van der Waals surface area contributed by atoms with Gasteiger partial charge in [-0.25, -0.2) is 4.39 Å². The fourth-order valence-corrected chi connectivity index (χ4v) is 2.73. The molecule has 3 nitrogen and oxygen atoms in total. The second-order valence-electron chi connectivity index (χ2n) is 5.13. The summed E-state index contributed by atoms with van der Waals surface area (Å²) in [7, 11) is 4.03. The van der Waals surface area contributed by atoms with Crippen LogP contribution in [0.15, 0.2) is 22.7 Å². The van der Waals surface area contributed by atoms with Gasteiger partial charge in [0.05, 0.1) is 5.56 Å². The molecule has 1 aromatic rings. The Bertz CT molecular complexity index is 479. The number of hydrogen-bond acceptors (Lipinski definition) is 2. The number of rotatable bonds is 2. The summed E-state index contributed by atoms with van der Waals surface area (Å²) in [6.45, 7) is 1.38. The molecule has 0 spiro atoms. The maximum Gasteiger partial charge on any atom is 0.256 e. The van der Waals surface area contributed by atoms with Crippen LogP contribution in [-0.4, -0.2) is 48.9 Å². The predicted molar refractivity (Wildman–Crippen MR) is 76.7 cm³/mol. The normalized spacial score (nSPS) is 19.8. The van der Waals surface area contributed by atoms with Crippen molar-refractivity contribution in [2.75, 3.05) is 27.2 Å². The first kappa shape index (κ1) is 14.5. The van der Waals surface area contributed by atoms with E-state index in [1.54, 1.807) is 17.0 Å². The predicted octanol–water partition coefficient (Wildman–Crippen LogP) is 2.75. The maximum absolute atomic E-state index is 13.8. The van der Waals surface area contributed by atoms with Gasteiger partial charge in [0.15, 0.2) is 0 Å². The minimum absolute atomic E-state index is 0.155. The number of likely N-dealkylation sites (tertiary alicyclic amines) is 1. The zero-order valence-electron chi connectivity index (χ0n) is 11.2. The molecule has 1 atom stereocenters. The van der Waals surface area contributed by atoms with E-state index in [9.17, 15) is 9.18 Å². The minimum atomic E-state index is -0.466. The van der Waals surface area contributed by atoms with Crippen molar-refractivity contribution in [3.63, 3.8) is 0 Å². The van der Waals surface area contributed by atoms with Crippen LogP contribution in [0.4, 0.5) is 4.39 Å². The molecule has 19 heavy (non-hydrogen) atoms. The number of likely N-dealkylation sites (N-methyl/N-ethyl adjacent to an activating group) is 1. The van der Waals surface area contributed by atoms with E-state index in [0.717, 1.165) is 12.8 Å². The molecule has 1 saturated heterocycles. The van der Waals surface area contributed by atoms with Crippen molar-refractivity contribution in [2.45, 2.75) is 18.9 Å². The van der Waals surface area contributed by atoms with E-state index in [2.05, 4.69) is 20.8 Å². The fraction of sp³-hybridized carbons (Fsp3) is 0.500. The van der Waals surface area contributed by atoms with Crippen LogP contribution in [0.25, 0.3) is 0 Å². The van der Waals surface area contributed by atoms with Crippen LogP contribution in [0, 0.1) is 5.82 Å². The molecule has 0 bridgehead atoms. The van der Waals surface area contributed by atoms with Crippen molar-refractivity contribution >= 4 is 21.8 Å². The summed E-state index contributed by atoms with van der Waals surface area (Å²) < 4.78 is 14.5. The summed E-state index contributed by atoms with van der Waals surface area (Å²) in [6, 6.07) is 4.93. The molecule has 0 aromatic heterocycles. The Hall–Kier alpha value is -0.940. The standard InChI is InChI=1S/C14H18BrFN2O/c1-17(2)11-4-3-7-18(9-11)14(19)12-6-5-10(15)8-13(12)16/h5-6,8,11H,3-4,7,9H2,1-2H3. The number of hydrogen-bond donors (Lipinski definition) is 0. The van der Waals surface area contributed by atoms with Gasteiger partial charge in [-0.15, -0.1) is 0 Å². The van der Waals surface area contributed by atoms with E-state index in [0.29, 0.717) is 23.6 Å². The van der Waals surface area contributed by atoms with Crippen LogP contribution < -0.4 is 0 Å². The smallest absolute Gasteiger partial charge is 0.256 e. The highest BCUT2D eigenvalue weighted by molar-refractivity contribution is 9.10. The molecule has 0 radical (unpaired) electrons. The summed E-state index contributed by atoms with van der Waals surface area (Å²) in [5, 5.41) is 0. The van der Waals surface area contributed by atoms with Crippen LogP contribution in [-0.2, 0) is 0 Å². The summed E-state index contributed by atoms with van der Waals surface area (Å²) in [5.41, 5.74) is 0.155. The lowest BCUT2D eigenvalue weighted by Crippen LogP contribution is -2.47. The SMILES string of the molecule is CN(C)C1CCCN(C(=O)c2ccc(Br)cc2F)C1. The van der Waals surface area contributed by atoms with Gasteiger partial charge >= 0.3 is 0 Å². The van der Waals surface area contributed by atoms with Gasteiger partial charge in [-0.05, 0) is 45.1 Å². The zero-order valence-corrected chi connectivity index (χ0v) is 12.8. The number of piperidine rings is 1. The van der Waals surface area contributed by atoms with Crippen LogP contribution in [0.2, 0.25) is 0 Å². The van der Waals surface area contributed by atoms with Gasteiger partial charge in [0.1, 0.15) is 5.82 Å². The molecule has 1 aromatic carbocycles. The molecule has 1 fully saturated rings. The second-order valence-corrected chi connectivity index (χ2v) is 6.05. The van der Waals surface area contributed by atoms with E-state index in [4.69, 9.17) is 0 Å². The average Bonchev–Trinajstić information content (AvgIpc) is 2.38. The molecule has 0 N–H and O–H groups in total. The molecule has 104 valence electrons. The molecule has 1 heterocycles. The third-order valence-electron chi connectivity index (χ3n) is 3.58. The quantitative estimate of drug-likeness (QED) is 0.833. The highest BCUT2D eigenvalue weighted by Crippen LogP contribution is 2.20. The molecule has 1 aliphatic rings. The first-order chi connectivity index (χ1) is 8.99. The molecule has 0 saturated carbocycles. The Labute approximate surface area is 121 Å². The Morgan fingerprint density at radius 2 is 2.21 bits per heavy atom. The van der Waals surface area contributed by atoms with Crippen molar-refractivity contribution in [3.8, 4) is 0 Å². The van der Waals surface area contributed by atoms with Crippen LogP contribution in [0.5, 0.6) is 0 Å². The number of carbonyl (C=O) groups excluding carboxylic acids is 1. The first-order valence-corrected chi connectivity index (χ1v) is 7.19. The maximum atomic E-state index is 13.8. The topological polar surface area (TPSA) is 23.6 Å². The third-order valence-corrected chi connectivity index (χ3v) is 4.07. The van der Waals surface area contributed by atoms with Gasteiger partial charge in [-0.1, -0.05) is 15.9 Å². The van der Waals surface area contributed by atoms with Crippen molar-refractivity contribution in [1.29, 1.82) is 0 Å². The number of benzene rings is 1. The second kappa shape index (κ2) is 6.01. The lowest BCUT2D eigenvalue weighted by Gasteiger charge is -2.36.